The molecule has 0 spiro atoms. The SMILES string of the molecule is COCCCN1C(=S)N[C@H](c2ccccn2)[C@@H]1c1cccn1-c1ccc(N(C)C)cc1. The van der Waals surface area contributed by atoms with Crippen molar-refractivity contribution in [3.05, 3.63) is 78.4 Å². The second-order valence-corrected chi connectivity index (χ2v) is 8.27. The third-order valence-electron chi connectivity index (χ3n) is 5.67. The van der Waals surface area contributed by atoms with Gasteiger partial charge in [-0.2, -0.15) is 0 Å². The quantitative estimate of drug-likeness (QED) is 0.427. The van der Waals surface area contributed by atoms with Crippen molar-refractivity contribution in [3.8, 4) is 5.69 Å². The minimum absolute atomic E-state index is 0.0223. The highest BCUT2D eigenvalue weighted by atomic mass is 32.1. The molecule has 1 aliphatic rings. The molecule has 1 N–H and O–H groups in total. The summed E-state index contributed by atoms with van der Waals surface area (Å²) >= 11 is 5.76. The number of nitrogens with one attached hydrogen (secondary N) is 1. The minimum atomic E-state index is -0.0223. The molecule has 7 heteroatoms. The highest BCUT2D eigenvalue weighted by Gasteiger charge is 2.40. The number of methoxy groups -OCH3 is 1. The van der Waals surface area contributed by atoms with Gasteiger partial charge in [0.1, 0.15) is 0 Å². The Morgan fingerprint density at radius 1 is 1.10 bits per heavy atom. The Morgan fingerprint density at radius 2 is 1.90 bits per heavy atom. The summed E-state index contributed by atoms with van der Waals surface area (Å²) in [5, 5.41) is 4.28. The molecule has 0 aliphatic carbocycles. The first-order valence-electron chi connectivity index (χ1n) is 10.5. The van der Waals surface area contributed by atoms with Crippen molar-refractivity contribution < 1.29 is 4.74 Å². The summed E-state index contributed by atoms with van der Waals surface area (Å²) in [6.07, 6.45) is 4.86. The van der Waals surface area contributed by atoms with E-state index in [1.54, 1.807) is 7.11 Å². The molecular formula is C24H29N5OS. The average Bonchev–Trinajstić information content (AvgIpc) is 3.39. The summed E-state index contributed by atoms with van der Waals surface area (Å²) in [6.45, 7) is 1.52. The number of pyridine rings is 1. The molecule has 4 rings (SSSR count). The van der Waals surface area contributed by atoms with Gasteiger partial charge < -0.3 is 24.4 Å². The van der Waals surface area contributed by atoms with E-state index in [4.69, 9.17) is 17.0 Å². The zero-order valence-corrected chi connectivity index (χ0v) is 19.0. The molecule has 1 saturated heterocycles. The van der Waals surface area contributed by atoms with Gasteiger partial charge in [0.2, 0.25) is 0 Å². The maximum Gasteiger partial charge on any atom is 0.170 e. The van der Waals surface area contributed by atoms with Gasteiger partial charge in [0.05, 0.1) is 17.8 Å². The van der Waals surface area contributed by atoms with Crippen LogP contribution in [0, 0.1) is 0 Å². The molecule has 1 fully saturated rings. The van der Waals surface area contributed by atoms with Gasteiger partial charge >= 0.3 is 0 Å². The van der Waals surface area contributed by atoms with Crippen molar-refractivity contribution in [2.24, 2.45) is 0 Å². The number of nitrogens with zero attached hydrogens (tertiary/aromatic N) is 4. The molecule has 2 atom stereocenters. The van der Waals surface area contributed by atoms with E-state index in [0.717, 1.165) is 29.5 Å². The summed E-state index contributed by atoms with van der Waals surface area (Å²) in [5.74, 6) is 0. The lowest BCUT2D eigenvalue weighted by Crippen LogP contribution is -2.32. The number of hydrogen-bond donors (Lipinski definition) is 1. The van der Waals surface area contributed by atoms with E-state index in [9.17, 15) is 0 Å². The van der Waals surface area contributed by atoms with Gasteiger partial charge in [0.15, 0.2) is 5.11 Å². The third-order valence-corrected chi connectivity index (χ3v) is 6.03. The average molecular weight is 436 g/mol. The van der Waals surface area contributed by atoms with Gasteiger partial charge in [-0.15, -0.1) is 0 Å². The molecule has 3 aromatic rings. The molecule has 31 heavy (non-hydrogen) atoms. The highest BCUT2D eigenvalue weighted by Crippen LogP contribution is 2.39. The van der Waals surface area contributed by atoms with Crippen LogP contribution < -0.4 is 10.2 Å². The maximum atomic E-state index is 5.76. The normalized spacial score (nSPS) is 18.3. The molecule has 3 heterocycles. The molecule has 1 aromatic carbocycles. The predicted octanol–water partition coefficient (Wildman–Crippen LogP) is 3.95. The predicted molar refractivity (Wildman–Crippen MR) is 129 cm³/mol. The Bertz CT molecular complexity index is 1000. The first-order chi connectivity index (χ1) is 15.1. The second kappa shape index (κ2) is 9.49. The summed E-state index contributed by atoms with van der Waals surface area (Å²) in [6, 6.07) is 18.9. The Labute approximate surface area is 189 Å². The number of thiocarbonyl (C=S) groups is 1. The molecule has 6 nitrogen and oxygen atoms in total. The zero-order chi connectivity index (χ0) is 21.8. The number of aromatic nitrogens is 2. The van der Waals surface area contributed by atoms with E-state index in [2.05, 4.69) is 87.4 Å². The molecule has 2 aromatic heterocycles. The fraction of sp³-hybridized carbons (Fsp3) is 0.333. The molecule has 0 unspecified atom stereocenters. The molecule has 0 bridgehead atoms. The van der Waals surface area contributed by atoms with Crippen molar-refractivity contribution in [1.82, 2.24) is 19.8 Å². The minimum Gasteiger partial charge on any atom is -0.385 e. The van der Waals surface area contributed by atoms with E-state index in [1.807, 2.05) is 18.3 Å². The van der Waals surface area contributed by atoms with Crippen molar-refractivity contribution in [3.63, 3.8) is 0 Å². The summed E-state index contributed by atoms with van der Waals surface area (Å²) < 4.78 is 7.53. The Balaban J connectivity index is 1.73. The van der Waals surface area contributed by atoms with Crippen LogP contribution in [0.15, 0.2) is 67.0 Å². The van der Waals surface area contributed by atoms with Crippen LogP contribution in [0.1, 0.15) is 29.9 Å². The van der Waals surface area contributed by atoms with Crippen LogP contribution in [0.5, 0.6) is 0 Å². The monoisotopic (exact) mass is 435 g/mol. The molecule has 1 aliphatic heterocycles. The van der Waals surface area contributed by atoms with Crippen molar-refractivity contribution in [1.29, 1.82) is 0 Å². The van der Waals surface area contributed by atoms with Gasteiger partial charge in [0.25, 0.3) is 0 Å². The maximum absolute atomic E-state index is 5.76. The molecule has 0 saturated carbocycles. The Morgan fingerprint density at radius 3 is 2.58 bits per heavy atom. The van der Waals surface area contributed by atoms with Crippen LogP contribution in [-0.4, -0.2) is 53.9 Å². The largest absolute Gasteiger partial charge is 0.385 e. The first kappa shape index (κ1) is 21.3. The number of anilines is 1. The second-order valence-electron chi connectivity index (χ2n) is 7.88. The fourth-order valence-corrected chi connectivity index (χ4v) is 4.46. The lowest BCUT2D eigenvalue weighted by atomic mass is 10.0. The smallest absolute Gasteiger partial charge is 0.170 e. The topological polar surface area (TPSA) is 45.6 Å². The lowest BCUT2D eigenvalue weighted by molar-refractivity contribution is 0.180. The van der Waals surface area contributed by atoms with E-state index < -0.39 is 0 Å². The molecule has 0 amide bonds. The van der Waals surface area contributed by atoms with Gasteiger partial charge in [-0.25, -0.2) is 0 Å². The summed E-state index contributed by atoms with van der Waals surface area (Å²) in [5.41, 5.74) is 4.46. The van der Waals surface area contributed by atoms with Crippen LogP contribution in [-0.2, 0) is 4.74 Å². The number of rotatable bonds is 8. The van der Waals surface area contributed by atoms with Gasteiger partial charge in [0, 0.05) is 63.8 Å². The Hall–Kier alpha value is -2.90. The third kappa shape index (κ3) is 4.43. The standard InChI is InChI=1S/C24H29N5OS/c1-27(2)18-10-12-19(13-11-18)28-15-6-9-21(28)23-22(20-8-4-5-14-25-20)26-24(31)29(23)16-7-17-30-3/h4-6,8-15,22-23H,7,16-17H2,1-3H3,(H,26,31)/t22-,23+/m1/s1. The van der Waals surface area contributed by atoms with Crippen LogP contribution in [0.2, 0.25) is 0 Å². The molecular weight excluding hydrogens is 406 g/mol. The van der Waals surface area contributed by atoms with Crippen LogP contribution in [0.25, 0.3) is 5.69 Å². The van der Waals surface area contributed by atoms with Crippen molar-refractivity contribution in [2.45, 2.75) is 18.5 Å². The van der Waals surface area contributed by atoms with Crippen molar-refractivity contribution >= 4 is 23.0 Å². The molecule has 162 valence electrons. The number of hydrogen-bond acceptors (Lipinski definition) is 4. The number of benzene rings is 1. The van der Waals surface area contributed by atoms with E-state index in [-0.39, 0.29) is 12.1 Å². The van der Waals surface area contributed by atoms with E-state index in [1.165, 1.54) is 11.4 Å². The van der Waals surface area contributed by atoms with Gasteiger partial charge in [-0.05, 0) is 67.2 Å². The van der Waals surface area contributed by atoms with E-state index in [0.29, 0.717) is 6.61 Å². The first-order valence-corrected chi connectivity index (χ1v) is 10.9. The van der Waals surface area contributed by atoms with Crippen LogP contribution in [0.3, 0.4) is 0 Å². The highest BCUT2D eigenvalue weighted by molar-refractivity contribution is 7.80. The van der Waals surface area contributed by atoms with Crippen LogP contribution >= 0.6 is 12.2 Å². The van der Waals surface area contributed by atoms with Gasteiger partial charge in [-0.3, -0.25) is 4.98 Å². The van der Waals surface area contributed by atoms with Crippen molar-refractivity contribution in [2.75, 3.05) is 39.3 Å². The van der Waals surface area contributed by atoms with E-state index >= 15 is 0 Å². The summed E-state index contributed by atoms with van der Waals surface area (Å²) in [7, 11) is 5.84. The molecule has 0 radical (unpaired) electrons. The fourth-order valence-electron chi connectivity index (χ4n) is 4.13. The lowest BCUT2D eigenvalue weighted by Gasteiger charge is -2.29. The summed E-state index contributed by atoms with van der Waals surface area (Å²) in [4.78, 5) is 9.01. The van der Waals surface area contributed by atoms with Crippen LogP contribution in [0.4, 0.5) is 5.69 Å². The Kier molecular flexibility index (Phi) is 6.53. The van der Waals surface area contributed by atoms with Gasteiger partial charge in [-0.1, -0.05) is 6.07 Å². The number of ether oxygens (including phenoxy) is 1. The zero-order valence-electron chi connectivity index (χ0n) is 18.2.